The highest BCUT2D eigenvalue weighted by atomic mass is 32.3. The van der Waals surface area contributed by atoms with Crippen molar-refractivity contribution in [3.63, 3.8) is 0 Å². The Morgan fingerprint density at radius 1 is 0.396 bits per heavy atom. The summed E-state index contributed by atoms with van der Waals surface area (Å²) in [6, 6.07) is 0. The molecule has 0 spiro atoms. The number of hydrogen-bond acceptors (Lipinski definition) is 3. The Morgan fingerprint density at radius 3 is 0.938 bits per heavy atom. The molecule has 0 bridgehead atoms. The number of halogens is 17. The highest BCUT2D eigenvalue weighted by molar-refractivity contribution is 8.33. The average molecular weight is 787 g/mol. The van der Waals surface area contributed by atoms with Gasteiger partial charge in [-0.05, 0) is 19.3 Å². The quantitative estimate of drug-likeness (QED) is 0.0723. The van der Waals surface area contributed by atoms with E-state index in [2.05, 4.69) is 3.63 Å². The molecule has 3 nitrogen and oxygen atoms in total. The zero-order valence-electron chi connectivity index (χ0n) is 26.1. The van der Waals surface area contributed by atoms with Crippen LogP contribution in [0.1, 0.15) is 97.8 Å². The van der Waals surface area contributed by atoms with Crippen LogP contribution in [0.25, 0.3) is 0 Å². The van der Waals surface area contributed by atoms with Gasteiger partial charge in [-0.3, -0.25) is 0 Å². The summed E-state index contributed by atoms with van der Waals surface area (Å²) in [5.74, 6) is -53.0. The van der Waals surface area contributed by atoms with Gasteiger partial charge in [0.15, 0.2) is 0 Å². The van der Waals surface area contributed by atoms with Crippen molar-refractivity contribution in [2.75, 3.05) is 17.3 Å². The smallest absolute Gasteiger partial charge is 0.215 e. The van der Waals surface area contributed by atoms with E-state index < -0.39 is 84.7 Å². The zero-order chi connectivity index (χ0) is 38.3. The maximum Gasteiger partial charge on any atom is 0.460 e. The van der Waals surface area contributed by atoms with Crippen LogP contribution in [-0.2, 0) is 13.7 Å². The van der Waals surface area contributed by atoms with E-state index in [9.17, 15) is 83.1 Å². The molecule has 0 unspecified atom stereocenters. The van der Waals surface area contributed by atoms with Crippen molar-refractivity contribution in [3.05, 3.63) is 0 Å². The molecule has 0 aliphatic carbocycles. The Hall–Kier alpha value is -0.930. The number of alkyl halides is 17. The normalized spacial score (nSPS) is 15.7. The van der Waals surface area contributed by atoms with Crippen LogP contribution in [-0.4, -0.2) is 72.6 Å². The molecular weight excluding hydrogens is 747 g/mol. The molecule has 0 rings (SSSR count). The molecule has 0 N–H and O–H groups in total. The van der Waals surface area contributed by atoms with Gasteiger partial charge in [0.2, 0.25) is 0 Å². The molecule has 0 aromatic heterocycles. The van der Waals surface area contributed by atoms with E-state index in [0.717, 1.165) is 0 Å². The molecule has 0 aliphatic heterocycles. The summed E-state index contributed by atoms with van der Waals surface area (Å²) in [4.78, 5) is 0. The molecule has 0 amide bonds. The minimum Gasteiger partial charge on any atom is -0.215 e. The lowest BCUT2D eigenvalue weighted by Gasteiger charge is -2.43. The third kappa shape index (κ3) is 9.10. The maximum absolute atomic E-state index is 14.9. The number of hydrogen-bond donors (Lipinski definition) is 0. The predicted octanol–water partition coefficient (Wildman–Crippen LogP) is 11.8. The number of rotatable bonds is 24. The molecule has 0 atom stereocenters. The zero-order valence-corrected chi connectivity index (χ0v) is 27.7. The molecule has 0 saturated carbocycles. The largest absolute Gasteiger partial charge is 0.460 e. The van der Waals surface area contributed by atoms with E-state index in [0.29, 0.717) is 57.8 Å². The van der Waals surface area contributed by atoms with Gasteiger partial charge in [-0.2, -0.15) is 83.1 Å². The van der Waals surface area contributed by atoms with E-state index >= 15 is 0 Å². The van der Waals surface area contributed by atoms with Gasteiger partial charge in [0, 0.05) is 17.3 Å². The van der Waals surface area contributed by atoms with Crippen molar-refractivity contribution in [2.24, 2.45) is 0 Å². The molecule has 292 valence electrons. The van der Waals surface area contributed by atoms with Gasteiger partial charge in [0.1, 0.15) is 0 Å². The van der Waals surface area contributed by atoms with Crippen molar-refractivity contribution in [2.45, 2.75) is 145 Å². The third-order valence-electron chi connectivity index (χ3n) is 7.35. The Bertz CT molecular complexity index is 1060. The molecule has 0 fully saturated rings. The van der Waals surface area contributed by atoms with Crippen molar-refractivity contribution in [1.82, 2.24) is 0 Å². The summed E-state index contributed by atoms with van der Waals surface area (Å²) in [7, 11) is -11.1. The molecular formula is C26H39F17O3S2. The van der Waals surface area contributed by atoms with E-state index in [1.54, 1.807) is 20.8 Å². The first kappa shape index (κ1) is 47.1. The Morgan fingerprint density at radius 2 is 0.667 bits per heavy atom. The molecule has 0 saturated heterocycles. The van der Waals surface area contributed by atoms with Gasteiger partial charge in [0.05, 0.1) is 0 Å². The van der Waals surface area contributed by atoms with Gasteiger partial charge in [0.25, 0.3) is 0 Å². The first-order valence-corrected chi connectivity index (χ1v) is 18.3. The highest BCUT2D eigenvalue weighted by Gasteiger charge is 2.96. The SMILES string of the molecule is CCCCCCS(CCCCCC)(CCCCCC)OS(=O)(=O)C(F)(F)C(F)(F)C(F)(F)C(F)(F)C(F)(F)C(F)(F)C(F)(F)C(F)(F)F. The lowest BCUT2D eigenvalue weighted by atomic mass is 9.91. The van der Waals surface area contributed by atoms with Crippen molar-refractivity contribution in [1.29, 1.82) is 0 Å². The van der Waals surface area contributed by atoms with E-state index in [1.807, 2.05) is 0 Å². The minimum atomic E-state index is -8.87. The van der Waals surface area contributed by atoms with Crippen LogP contribution in [0.4, 0.5) is 74.6 Å². The van der Waals surface area contributed by atoms with E-state index in [4.69, 9.17) is 0 Å². The third-order valence-corrected chi connectivity index (χ3v) is 13.2. The average Bonchev–Trinajstić information content (AvgIpc) is 2.94. The second-order valence-electron chi connectivity index (χ2n) is 11.2. The van der Waals surface area contributed by atoms with Gasteiger partial charge in [-0.25, -0.2) is 3.63 Å². The highest BCUT2D eigenvalue weighted by Crippen LogP contribution is 2.65. The van der Waals surface area contributed by atoms with Crippen molar-refractivity contribution < 1.29 is 86.7 Å². The molecule has 0 radical (unpaired) electrons. The fourth-order valence-electron chi connectivity index (χ4n) is 4.32. The van der Waals surface area contributed by atoms with Gasteiger partial charge < -0.3 is 0 Å². The Balaban J connectivity index is 7.10. The summed E-state index contributed by atoms with van der Waals surface area (Å²) in [6.45, 7) is 5.20. The predicted molar refractivity (Wildman–Crippen MR) is 145 cm³/mol. The minimum absolute atomic E-state index is 0.0190. The molecule has 0 heterocycles. The lowest BCUT2D eigenvalue weighted by molar-refractivity contribution is -0.458. The first-order chi connectivity index (χ1) is 21.4. The van der Waals surface area contributed by atoms with Crippen LogP contribution >= 0.6 is 10.3 Å². The molecule has 0 aliphatic rings. The monoisotopic (exact) mass is 786 g/mol. The van der Waals surface area contributed by atoms with Crippen LogP contribution in [0.5, 0.6) is 0 Å². The van der Waals surface area contributed by atoms with E-state index in [-0.39, 0.29) is 19.3 Å². The number of unbranched alkanes of at least 4 members (excludes halogenated alkanes) is 9. The second-order valence-corrected chi connectivity index (χ2v) is 16.4. The fourth-order valence-corrected chi connectivity index (χ4v) is 10.2. The fraction of sp³-hybridized carbons (Fsp3) is 1.00. The van der Waals surface area contributed by atoms with Crippen LogP contribution in [0.2, 0.25) is 0 Å². The molecule has 48 heavy (non-hydrogen) atoms. The van der Waals surface area contributed by atoms with Crippen LogP contribution in [0, 0.1) is 0 Å². The Kier molecular flexibility index (Phi) is 16.3. The maximum atomic E-state index is 14.9. The van der Waals surface area contributed by atoms with Crippen molar-refractivity contribution >= 4 is 20.4 Å². The molecule has 22 heteroatoms. The summed E-state index contributed by atoms with van der Waals surface area (Å²) in [5.41, 5.74) is 0. The summed E-state index contributed by atoms with van der Waals surface area (Å²) in [6.07, 6.45) is -3.67. The lowest BCUT2D eigenvalue weighted by Crippen LogP contribution is -2.75. The molecule has 0 aromatic carbocycles. The summed E-state index contributed by atoms with van der Waals surface area (Å²) >= 11 is 0. The van der Waals surface area contributed by atoms with Crippen molar-refractivity contribution in [3.8, 4) is 0 Å². The van der Waals surface area contributed by atoms with Crippen LogP contribution in [0.15, 0.2) is 0 Å². The van der Waals surface area contributed by atoms with Crippen LogP contribution in [0.3, 0.4) is 0 Å². The Labute approximate surface area is 269 Å². The van der Waals surface area contributed by atoms with Gasteiger partial charge >= 0.3 is 57.1 Å². The summed E-state index contributed by atoms with van der Waals surface area (Å²) < 4.78 is 264. The van der Waals surface area contributed by atoms with Gasteiger partial charge in [-0.1, -0.05) is 78.6 Å². The second kappa shape index (κ2) is 16.6. The standard InChI is InChI=1S/C26H39F17O3S2/c1-4-7-10-13-16-47(17-14-11-8-5-2,18-15-12-9-6-3)46-48(44,45)26(42,43)24(37,38)22(33,34)20(29,30)19(27,28)21(31,32)23(35,36)25(39,40)41/h4-18H2,1-3H3. The topological polar surface area (TPSA) is 43.4 Å². The van der Waals surface area contributed by atoms with Crippen LogP contribution < -0.4 is 0 Å². The van der Waals surface area contributed by atoms with E-state index in [1.165, 1.54) is 0 Å². The van der Waals surface area contributed by atoms with Gasteiger partial charge in [-0.15, -0.1) is 10.3 Å². The molecule has 0 aromatic rings. The first-order valence-electron chi connectivity index (χ1n) is 14.8. The summed E-state index contributed by atoms with van der Waals surface area (Å²) in [5, 5.41) is -7.65.